The van der Waals surface area contributed by atoms with Crippen LogP contribution in [0.1, 0.15) is 25.7 Å². The largest absolute Gasteiger partial charge is 0.495 e. The number of alkyl halides is 3. The molecule has 3 aromatic rings. The molecule has 1 saturated carbocycles. The molecule has 2 aromatic heterocycles. The van der Waals surface area contributed by atoms with E-state index < -0.39 is 22.1 Å². The molecule has 2 aliphatic carbocycles. The lowest BCUT2D eigenvalue weighted by atomic mass is 9.69. The minimum absolute atomic E-state index is 0.0215. The summed E-state index contributed by atoms with van der Waals surface area (Å²) in [5.74, 6) is -0.950. The predicted molar refractivity (Wildman–Crippen MR) is 131 cm³/mol. The summed E-state index contributed by atoms with van der Waals surface area (Å²) in [7, 11) is -2.51. The molecule has 194 valence electrons. The number of ether oxygens (including phenoxy) is 1. The van der Waals surface area contributed by atoms with Gasteiger partial charge in [-0.1, -0.05) is 5.57 Å². The molecule has 12 heteroatoms. The average Bonchev–Trinajstić information content (AvgIpc) is 2.82. The van der Waals surface area contributed by atoms with E-state index in [-0.39, 0.29) is 35.0 Å². The lowest BCUT2D eigenvalue weighted by molar-refractivity contribution is -0.201. The number of rotatable bonds is 6. The van der Waals surface area contributed by atoms with Gasteiger partial charge in [-0.3, -0.25) is 14.1 Å². The Morgan fingerprint density at radius 3 is 2.57 bits per heavy atom. The first-order chi connectivity index (χ1) is 17.6. The molecule has 1 N–H and O–H groups in total. The molecular weight excluding hydrogens is 509 g/mol. The van der Waals surface area contributed by atoms with E-state index in [0.29, 0.717) is 35.2 Å². The highest BCUT2D eigenvalue weighted by molar-refractivity contribution is 7.92. The maximum atomic E-state index is 12.9. The first-order valence-electron chi connectivity index (χ1n) is 11.6. The third-order valence-corrected chi connectivity index (χ3v) is 8.21. The first-order valence-corrected chi connectivity index (χ1v) is 13.1. The van der Waals surface area contributed by atoms with Crippen molar-refractivity contribution in [3.63, 3.8) is 0 Å². The van der Waals surface area contributed by atoms with Crippen molar-refractivity contribution in [2.75, 3.05) is 11.8 Å². The zero-order valence-corrected chi connectivity index (χ0v) is 20.5. The van der Waals surface area contributed by atoms with Crippen molar-refractivity contribution in [3.8, 4) is 0 Å². The summed E-state index contributed by atoms with van der Waals surface area (Å²) in [6.07, 6.45) is 0.0229. The van der Waals surface area contributed by atoms with Crippen molar-refractivity contribution >= 4 is 32.4 Å². The van der Waals surface area contributed by atoms with E-state index in [1.165, 1.54) is 48.2 Å². The zero-order chi connectivity index (χ0) is 26.4. The SMILES string of the molecule is COC1=C(n2c(=O)ccc3cc(S(=O)(=O)Nc4cccnn4)ccc32)CCC(C2CC(C(F)(F)F)C2)=C1. The Morgan fingerprint density at radius 2 is 1.89 bits per heavy atom. The summed E-state index contributed by atoms with van der Waals surface area (Å²) < 4.78 is 73.9. The Kier molecular flexibility index (Phi) is 6.30. The van der Waals surface area contributed by atoms with Crippen LogP contribution in [0, 0.1) is 11.8 Å². The number of sulfonamides is 1. The van der Waals surface area contributed by atoms with Crippen LogP contribution in [0.15, 0.2) is 75.8 Å². The van der Waals surface area contributed by atoms with Crippen molar-refractivity contribution in [2.24, 2.45) is 11.8 Å². The van der Waals surface area contributed by atoms with Crippen LogP contribution in [0.4, 0.5) is 19.0 Å². The molecule has 0 radical (unpaired) electrons. The standard InChI is InChI=1S/C25H23F3N4O4S/c1-36-22-14-15(17-11-18(12-17)25(26,27)28)4-7-21(22)32-20-8-6-19(13-16(20)5-9-24(32)33)37(34,35)31-23-3-2-10-29-30-23/h2-3,5-6,8-10,13-14,17-18H,4,7,11-12H2,1H3,(H,30,31). The van der Waals surface area contributed by atoms with Gasteiger partial charge in [0.1, 0.15) is 5.76 Å². The number of nitrogens with zero attached hydrogens (tertiary/aromatic N) is 3. The minimum Gasteiger partial charge on any atom is -0.495 e. The molecular formula is C25H23F3N4O4S. The number of hydrogen-bond acceptors (Lipinski definition) is 6. The summed E-state index contributed by atoms with van der Waals surface area (Å²) in [4.78, 5) is 12.9. The van der Waals surface area contributed by atoms with Gasteiger partial charge in [0, 0.05) is 17.6 Å². The Balaban J connectivity index is 1.49. The average molecular weight is 533 g/mol. The molecule has 5 rings (SSSR count). The zero-order valence-electron chi connectivity index (χ0n) is 19.7. The number of benzene rings is 1. The number of pyridine rings is 1. The van der Waals surface area contributed by atoms with Gasteiger partial charge in [-0.05, 0) is 74.1 Å². The van der Waals surface area contributed by atoms with Crippen LogP contribution in [0.25, 0.3) is 16.6 Å². The van der Waals surface area contributed by atoms with E-state index in [4.69, 9.17) is 4.74 Å². The van der Waals surface area contributed by atoms with Gasteiger partial charge in [-0.15, -0.1) is 5.10 Å². The van der Waals surface area contributed by atoms with Crippen LogP contribution in [0.5, 0.6) is 0 Å². The number of allylic oxidation sites excluding steroid dienone is 3. The number of aromatic nitrogens is 3. The smallest absolute Gasteiger partial charge is 0.391 e. The van der Waals surface area contributed by atoms with Gasteiger partial charge in [0.15, 0.2) is 5.82 Å². The normalized spacial score (nSPS) is 20.4. The Hall–Kier alpha value is -3.67. The highest BCUT2D eigenvalue weighted by atomic mass is 32.2. The van der Waals surface area contributed by atoms with E-state index in [2.05, 4.69) is 14.9 Å². The van der Waals surface area contributed by atoms with Crippen molar-refractivity contribution in [2.45, 2.75) is 36.8 Å². The molecule has 0 atom stereocenters. The van der Waals surface area contributed by atoms with Crippen molar-refractivity contribution < 1.29 is 26.3 Å². The Bertz CT molecular complexity index is 1570. The fraction of sp³-hybridized carbons (Fsp3) is 0.320. The molecule has 2 aliphatic rings. The van der Waals surface area contributed by atoms with Gasteiger partial charge in [-0.2, -0.15) is 18.3 Å². The molecule has 37 heavy (non-hydrogen) atoms. The summed E-state index contributed by atoms with van der Waals surface area (Å²) in [6.45, 7) is 0. The van der Waals surface area contributed by atoms with Gasteiger partial charge < -0.3 is 4.74 Å². The van der Waals surface area contributed by atoms with E-state index in [9.17, 15) is 26.4 Å². The maximum Gasteiger partial charge on any atom is 0.391 e. The van der Waals surface area contributed by atoms with Crippen LogP contribution >= 0.6 is 0 Å². The summed E-state index contributed by atoms with van der Waals surface area (Å²) in [5, 5.41) is 7.89. The fourth-order valence-corrected chi connectivity index (χ4v) is 5.87. The number of fused-ring (bicyclic) bond motifs is 1. The number of methoxy groups -OCH3 is 1. The van der Waals surface area contributed by atoms with Crippen LogP contribution in [-0.2, 0) is 14.8 Å². The third kappa shape index (κ3) is 4.85. The van der Waals surface area contributed by atoms with Crippen LogP contribution in [-0.4, -0.2) is 36.5 Å². The molecule has 1 fully saturated rings. The number of hydrogen-bond donors (Lipinski definition) is 1. The van der Waals surface area contributed by atoms with Gasteiger partial charge in [0.25, 0.3) is 15.6 Å². The molecule has 1 aromatic carbocycles. The lowest BCUT2D eigenvalue weighted by Crippen LogP contribution is -2.37. The van der Waals surface area contributed by atoms with Crippen LogP contribution in [0.2, 0.25) is 0 Å². The van der Waals surface area contributed by atoms with Crippen molar-refractivity contribution in [1.82, 2.24) is 14.8 Å². The van der Waals surface area contributed by atoms with E-state index in [0.717, 1.165) is 5.57 Å². The lowest BCUT2D eigenvalue weighted by Gasteiger charge is -2.39. The summed E-state index contributed by atoms with van der Waals surface area (Å²) in [6, 6.07) is 10.3. The third-order valence-electron chi connectivity index (χ3n) is 6.85. The second-order valence-corrected chi connectivity index (χ2v) is 10.8. The second-order valence-electron chi connectivity index (χ2n) is 9.08. The molecule has 0 aliphatic heterocycles. The highest BCUT2D eigenvalue weighted by Crippen LogP contribution is 2.49. The van der Waals surface area contributed by atoms with Gasteiger partial charge in [0.2, 0.25) is 0 Å². The maximum absolute atomic E-state index is 12.9. The molecule has 8 nitrogen and oxygen atoms in total. The van der Waals surface area contributed by atoms with Gasteiger partial charge >= 0.3 is 6.18 Å². The Labute approximate surface area is 210 Å². The highest BCUT2D eigenvalue weighted by Gasteiger charge is 2.48. The molecule has 0 spiro atoms. The first kappa shape index (κ1) is 25.0. The van der Waals surface area contributed by atoms with E-state index in [1.54, 1.807) is 18.2 Å². The summed E-state index contributed by atoms with van der Waals surface area (Å²) in [5.41, 5.74) is 1.61. The van der Waals surface area contributed by atoms with Crippen molar-refractivity contribution in [1.29, 1.82) is 0 Å². The second kappa shape index (κ2) is 9.33. The monoisotopic (exact) mass is 532 g/mol. The van der Waals surface area contributed by atoms with Gasteiger partial charge in [0.05, 0.1) is 29.1 Å². The number of anilines is 1. The van der Waals surface area contributed by atoms with E-state index in [1.807, 2.05) is 0 Å². The van der Waals surface area contributed by atoms with Crippen LogP contribution < -0.4 is 10.3 Å². The molecule has 0 amide bonds. The number of nitrogens with one attached hydrogen (secondary N) is 1. The topological polar surface area (TPSA) is 103 Å². The van der Waals surface area contributed by atoms with E-state index >= 15 is 0 Å². The minimum atomic E-state index is -4.18. The summed E-state index contributed by atoms with van der Waals surface area (Å²) >= 11 is 0. The molecule has 0 unspecified atom stereocenters. The number of halogens is 3. The van der Waals surface area contributed by atoms with Crippen molar-refractivity contribution in [3.05, 3.63) is 76.4 Å². The molecule has 0 bridgehead atoms. The van der Waals surface area contributed by atoms with Gasteiger partial charge in [-0.25, -0.2) is 8.42 Å². The quantitative estimate of drug-likeness (QED) is 0.493. The van der Waals surface area contributed by atoms with Crippen LogP contribution in [0.3, 0.4) is 0 Å². The fourth-order valence-electron chi connectivity index (χ4n) is 4.84. The molecule has 2 heterocycles. The Morgan fingerprint density at radius 1 is 1.11 bits per heavy atom. The molecule has 0 saturated heterocycles. The predicted octanol–water partition coefficient (Wildman–Crippen LogP) is 4.72.